The number of benzene rings is 1. The Balaban J connectivity index is 1.31. The predicted octanol–water partition coefficient (Wildman–Crippen LogP) is 1.99. The number of aromatic nitrogens is 2. The average molecular weight is 445 g/mol. The smallest absolute Gasteiger partial charge is 0.308 e. The van der Waals surface area contributed by atoms with Crippen LogP contribution in [0.2, 0.25) is 0 Å². The van der Waals surface area contributed by atoms with E-state index in [1.165, 1.54) is 22.2 Å². The monoisotopic (exact) mass is 445 g/mol. The third kappa shape index (κ3) is 6.54. The number of ether oxygens (including phenoxy) is 3. The van der Waals surface area contributed by atoms with E-state index in [0.717, 1.165) is 5.75 Å². The number of nitrogens with one attached hydrogen (secondary N) is 1. The van der Waals surface area contributed by atoms with Gasteiger partial charge in [0.25, 0.3) is 11.5 Å². The minimum atomic E-state index is -0.571. The first-order chi connectivity index (χ1) is 15.1. The number of rotatable bonds is 11. The van der Waals surface area contributed by atoms with Gasteiger partial charge in [-0.2, -0.15) is 0 Å². The molecule has 0 bridgehead atoms. The fourth-order valence-electron chi connectivity index (χ4n) is 2.69. The highest BCUT2D eigenvalue weighted by atomic mass is 32.1. The largest absolute Gasteiger partial charge is 0.494 e. The molecule has 0 fully saturated rings. The third-order valence-electron chi connectivity index (χ3n) is 4.20. The van der Waals surface area contributed by atoms with Gasteiger partial charge in [0.05, 0.1) is 31.3 Å². The maximum atomic E-state index is 12.3. The first-order valence-corrected chi connectivity index (χ1v) is 10.7. The Morgan fingerprint density at radius 1 is 1.13 bits per heavy atom. The lowest BCUT2D eigenvalue weighted by Crippen LogP contribution is -2.32. The van der Waals surface area contributed by atoms with Gasteiger partial charge in [0.15, 0.2) is 6.61 Å². The lowest BCUT2D eigenvalue weighted by molar-refractivity contribution is -0.148. The molecule has 1 N–H and O–H groups in total. The normalized spacial score (nSPS) is 10.6. The highest BCUT2D eigenvalue weighted by Crippen LogP contribution is 2.17. The number of carbonyl (C=O) groups excluding carboxylic acids is 2. The van der Waals surface area contributed by atoms with E-state index in [2.05, 4.69) is 10.3 Å². The van der Waals surface area contributed by atoms with Crippen molar-refractivity contribution in [2.24, 2.45) is 0 Å². The fraction of sp³-hybridized carbons (Fsp3) is 0.333. The van der Waals surface area contributed by atoms with Crippen molar-refractivity contribution in [3.63, 3.8) is 0 Å². The SMILES string of the molecule is CCOc1ccc(OCCNC(=O)COC(=O)CCn2cnc3sccc3c2=O)cc1. The maximum Gasteiger partial charge on any atom is 0.308 e. The summed E-state index contributed by atoms with van der Waals surface area (Å²) in [6.45, 7) is 2.79. The second-order valence-electron chi connectivity index (χ2n) is 6.40. The van der Waals surface area contributed by atoms with Crippen LogP contribution in [0.25, 0.3) is 10.2 Å². The molecule has 0 saturated heterocycles. The standard InChI is InChI=1S/C21H23N3O6S/c1-2-28-15-3-5-16(6-4-15)29-11-9-22-18(25)13-30-19(26)7-10-24-14-23-20-17(21(24)27)8-12-31-20/h3-6,8,12,14H,2,7,9-11,13H2,1H3,(H,22,25). The Bertz CT molecular complexity index is 1080. The Morgan fingerprint density at radius 2 is 1.87 bits per heavy atom. The summed E-state index contributed by atoms with van der Waals surface area (Å²) in [7, 11) is 0. The van der Waals surface area contributed by atoms with Crippen LogP contribution >= 0.6 is 11.3 Å². The van der Waals surface area contributed by atoms with E-state index in [9.17, 15) is 14.4 Å². The summed E-state index contributed by atoms with van der Waals surface area (Å²) in [4.78, 5) is 40.8. The molecule has 10 heteroatoms. The van der Waals surface area contributed by atoms with Gasteiger partial charge in [-0.25, -0.2) is 4.98 Å². The van der Waals surface area contributed by atoms with Gasteiger partial charge in [0.2, 0.25) is 0 Å². The second-order valence-corrected chi connectivity index (χ2v) is 7.29. The zero-order valence-electron chi connectivity index (χ0n) is 17.0. The molecule has 0 saturated carbocycles. The van der Waals surface area contributed by atoms with Crippen LogP contribution in [0.15, 0.2) is 46.8 Å². The quantitative estimate of drug-likeness (QED) is 0.355. The number of thiophene rings is 1. The van der Waals surface area contributed by atoms with Gasteiger partial charge in [-0.3, -0.25) is 19.0 Å². The topological polar surface area (TPSA) is 109 Å². The molecule has 0 aliphatic carbocycles. The average Bonchev–Trinajstić information content (AvgIpc) is 3.26. The summed E-state index contributed by atoms with van der Waals surface area (Å²) in [5.41, 5.74) is -0.204. The minimum absolute atomic E-state index is 0.0363. The number of carbonyl (C=O) groups is 2. The lowest BCUT2D eigenvalue weighted by atomic mass is 10.3. The van der Waals surface area contributed by atoms with Crippen LogP contribution in [0, 0.1) is 0 Å². The van der Waals surface area contributed by atoms with Crippen LogP contribution in [0.3, 0.4) is 0 Å². The van der Waals surface area contributed by atoms with Gasteiger partial charge >= 0.3 is 5.97 Å². The van der Waals surface area contributed by atoms with Gasteiger partial charge in [-0.05, 0) is 42.6 Å². The first-order valence-electron chi connectivity index (χ1n) is 9.77. The van der Waals surface area contributed by atoms with E-state index in [1.54, 1.807) is 35.7 Å². The number of esters is 1. The van der Waals surface area contributed by atoms with Crippen molar-refractivity contribution in [1.82, 2.24) is 14.9 Å². The number of aryl methyl sites for hydroxylation is 1. The van der Waals surface area contributed by atoms with E-state index < -0.39 is 18.5 Å². The highest BCUT2D eigenvalue weighted by molar-refractivity contribution is 7.16. The van der Waals surface area contributed by atoms with Crippen LogP contribution < -0.4 is 20.3 Å². The summed E-state index contributed by atoms with van der Waals surface area (Å²) >= 11 is 1.38. The van der Waals surface area contributed by atoms with Crippen molar-refractivity contribution >= 4 is 33.4 Å². The Labute approximate surface area is 182 Å². The van der Waals surface area contributed by atoms with E-state index in [0.29, 0.717) is 22.6 Å². The molecule has 2 heterocycles. The lowest BCUT2D eigenvalue weighted by Gasteiger charge is -2.09. The number of fused-ring (bicyclic) bond motifs is 1. The summed E-state index contributed by atoms with van der Waals surface area (Å²) in [6.07, 6.45) is 1.37. The van der Waals surface area contributed by atoms with Crippen LogP contribution in [0.1, 0.15) is 13.3 Å². The van der Waals surface area contributed by atoms with Crippen molar-refractivity contribution in [3.05, 3.63) is 52.4 Å². The molecule has 3 rings (SSSR count). The van der Waals surface area contributed by atoms with Crippen LogP contribution in [0.5, 0.6) is 11.5 Å². The van der Waals surface area contributed by atoms with Crippen molar-refractivity contribution in [3.8, 4) is 11.5 Å². The molecule has 1 amide bonds. The maximum absolute atomic E-state index is 12.3. The Hall–Kier alpha value is -3.40. The molecular weight excluding hydrogens is 422 g/mol. The molecule has 3 aromatic rings. The molecule has 31 heavy (non-hydrogen) atoms. The number of hydrogen-bond acceptors (Lipinski definition) is 8. The van der Waals surface area contributed by atoms with E-state index >= 15 is 0 Å². The molecule has 0 radical (unpaired) electrons. The summed E-state index contributed by atoms with van der Waals surface area (Å²) in [5, 5.41) is 4.92. The molecule has 0 unspecified atom stereocenters. The Morgan fingerprint density at radius 3 is 2.61 bits per heavy atom. The van der Waals surface area contributed by atoms with Gasteiger partial charge in [0, 0.05) is 6.54 Å². The Kier molecular flexibility index (Phi) is 7.99. The summed E-state index contributed by atoms with van der Waals surface area (Å²) < 4.78 is 17.2. The van der Waals surface area contributed by atoms with E-state index in [4.69, 9.17) is 14.2 Å². The first kappa shape index (κ1) is 22.3. The third-order valence-corrected chi connectivity index (χ3v) is 5.02. The molecule has 164 valence electrons. The number of hydrogen-bond donors (Lipinski definition) is 1. The molecule has 1 aromatic carbocycles. The zero-order chi connectivity index (χ0) is 22.1. The van der Waals surface area contributed by atoms with Gasteiger partial charge < -0.3 is 19.5 Å². The molecule has 0 spiro atoms. The van der Waals surface area contributed by atoms with Crippen molar-refractivity contribution < 1.29 is 23.8 Å². The molecular formula is C21H23N3O6S. The molecule has 0 aliphatic heterocycles. The van der Waals surface area contributed by atoms with Crippen LogP contribution in [-0.4, -0.2) is 47.8 Å². The molecule has 0 aliphatic rings. The minimum Gasteiger partial charge on any atom is -0.494 e. The van der Waals surface area contributed by atoms with Gasteiger partial charge in [0.1, 0.15) is 22.9 Å². The van der Waals surface area contributed by atoms with E-state index in [1.807, 2.05) is 6.92 Å². The zero-order valence-corrected chi connectivity index (χ0v) is 17.9. The van der Waals surface area contributed by atoms with E-state index in [-0.39, 0.29) is 31.7 Å². The van der Waals surface area contributed by atoms with Gasteiger partial charge in [-0.1, -0.05) is 0 Å². The number of nitrogens with zero attached hydrogens (tertiary/aromatic N) is 2. The molecule has 9 nitrogen and oxygen atoms in total. The van der Waals surface area contributed by atoms with Gasteiger partial charge in [-0.15, -0.1) is 11.3 Å². The summed E-state index contributed by atoms with van der Waals surface area (Å²) in [6, 6.07) is 8.88. The highest BCUT2D eigenvalue weighted by Gasteiger charge is 2.10. The van der Waals surface area contributed by atoms with Crippen LogP contribution in [0.4, 0.5) is 0 Å². The fourth-order valence-corrected chi connectivity index (χ4v) is 3.41. The molecule has 2 aromatic heterocycles. The molecule has 0 atom stereocenters. The predicted molar refractivity (Wildman–Crippen MR) is 116 cm³/mol. The second kappa shape index (κ2) is 11.1. The van der Waals surface area contributed by atoms with Crippen molar-refractivity contribution in [1.29, 1.82) is 0 Å². The van der Waals surface area contributed by atoms with Crippen LogP contribution in [-0.2, 0) is 20.9 Å². The van der Waals surface area contributed by atoms with Crippen molar-refractivity contribution in [2.45, 2.75) is 19.9 Å². The summed E-state index contributed by atoms with van der Waals surface area (Å²) in [5.74, 6) is 0.424. The number of amides is 1. The van der Waals surface area contributed by atoms with Crippen molar-refractivity contribution in [2.75, 3.05) is 26.4 Å².